The Labute approximate surface area is 294 Å². The molecule has 0 spiro atoms. The number of hydrogen-bond donors (Lipinski definition) is 3. The van der Waals surface area contributed by atoms with Gasteiger partial charge in [0.05, 0.1) is 36.1 Å². The predicted octanol–water partition coefficient (Wildman–Crippen LogP) is 7.05. The van der Waals surface area contributed by atoms with Crippen molar-refractivity contribution in [3.8, 4) is 5.75 Å². The largest absolute Gasteiger partial charge is 0.490 e. The maximum Gasteiger partial charge on any atom is 0.323 e. The first-order valence-electron chi connectivity index (χ1n) is 17.3. The molecule has 264 valence electrons. The zero-order valence-corrected chi connectivity index (χ0v) is 29.3. The molecule has 0 bridgehead atoms. The van der Waals surface area contributed by atoms with Crippen LogP contribution in [0.5, 0.6) is 5.75 Å². The Hall–Kier alpha value is -4.93. The minimum absolute atomic E-state index is 0.109. The number of anilines is 2. The first kappa shape index (κ1) is 36.4. The summed E-state index contributed by atoms with van der Waals surface area (Å²) in [5, 5.41) is 18.0. The first-order chi connectivity index (χ1) is 24.1. The fourth-order valence-electron chi connectivity index (χ4n) is 6.24. The molecule has 3 N–H and O–H groups in total. The van der Waals surface area contributed by atoms with E-state index in [1.165, 1.54) is 0 Å². The number of nitrogens with zero attached hydrogens (tertiary/aromatic N) is 2. The van der Waals surface area contributed by atoms with E-state index in [9.17, 15) is 19.5 Å². The molecule has 0 aliphatic carbocycles. The van der Waals surface area contributed by atoms with Gasteiger partial charge in [-0.25, -0.2) is 4.79 Å². The minimum Gasteiger partial charge on any atom is -0.490 e. The number of carbonyl (C=O) groups excluding carboxylic acids is 3. The van der Waals surface area contributed by atoms with Gasteiger partial charge in [-0.3, -0.25) is 9.59 Å². The summed E-state index contributed by atoms with van der Waals surface area (Å²) in [6.07, 6.45) is 1.85. The Balaban J connectivity index is 1.40. The highest BCUT2D eigenvalue weighted by Crippen LogP contribution is 2.29. The molecular weight excluding hydrogens is 632 g/mol. The summed E-state index contributed by atoms with van der Waals surface area (Å²) in [6, 6.07) is 26.7. The van der Waals surface area contributed by atoms with E-state index in [2.05, 4.69) is 10.6 Å². The zero-order chi connectivity index (χ0) is 35.6. The lowest BCUT2D eigenvalue weighted by molar-refractivity contribution is -0.0149. The van der Waals surface area contributed by atoms with Gasteiger partial charge in [-0.2, -0.15) is 0 Å². The lowest BCUT2D eigenvalue weighted by Crippen LogP contribution is -2.48. The van der Waals surface area contributed by atoms with Crippen LogP contribution in [0.1, 0.15) is 60.7 Å². The number of urea groups is 1. The molecule has 1 aliphatic rings. The monoisotopic (exact) mass is 680 g/mol. The third-order valence-electron chi connectivity index (χ3n) is 9.17. The van der Waals surface area contributed by atoms with Crippen molar-refractivity contribution in [2.24, 2.45) is 5.92 Å². The van der Waals surface area contributed by atoms with E-state index in [0.29, 0.717) is 35.8 Å². The maximum absolute atomic E-state index is 14.5. The van der Waals surface area contributed by atoms with E-state index in [0.717, 1.165) is 30.0 Å². The average molecular weight is 681 g/mol. The molecule has 0 saturated carbocycles. The van der Waals surface area contributed by atoms with Crippen LogP contribution in [0.2, 0.25) is 0 Å². The zero-order valence-electron chi connectivity index (χ0n) is 29.3. The van der Waals surface area contributed by atoms with Crippen LogP contribution in [-0.2, 0) is 4.74 Å². The standard InChI is InChI=1S/C40H48N4O6/c1-27-24-44(28(2)26-45)39(47)34-23-32(41-40(48)42-35-19-12-17-30-14-8-9-18-33(30)35)20-21-36(34)50-29(3)13-10-11-22-49-37(27)25-43(4)38(46)31-15-6-5-7-16-31/h5-9,12,14-21,23,27-29,37,45H,10-11,13,22,24-26H2,1-4H3,(H2,41,42,48)/t27-,28+,29+,37-/m1/s1. The molecule has 0 unspecified atom stereocenters. The fraction of sp³-hybridized carbons (Fsp3) is 0.375. The molecule has 4 aromatic rings. The molecule has 4 atom stereocenters. The summed E-state index contributed by atoms with van der Waals surface area (Å²) in [5.41, 5.74) is 1.95. The molecule has 0 fully saturated rings. The van der Waals surface area contributed by atoms with E-state index in [1.54, 1.807) is 54.1 Å². The average Bonchev–Trinajstić information content (AvgIpc) is 3.12. The van der Waals surface area contributed by atoms with Gasteiger partial charge in [-0.1, -0.05) is 61.5 Å². The Morgan fingerprint density at radius 2 is 1.70 bits per heavy atom. The highest BCUT2D eigenvalue weighted by molar-refractivity contribution is 6.07. The van der Waals surface area contributed by atoms with Gasteiger partial charge in [0.1, 0.15) is 5.75 Å². The van der Waals surface area contributed by atoms with Crippen molar-refractivity contribution in [3.05, 3.63) is 102 Å². The normalized spacial score (nSPS) is 19.4. The number of carbonyl (C=O) groups is 3. The third kappa shape index (κ3) is 9.19. The van der Waals surface area contributed by atoms with Gasteiger partial charge in [0, 0.05) is 49.3 Å². The summed E-state index contributed by atoms with van der Waals surface area (Å²) in [6.45, 7) is 6.59. The van der Waals surface area contributed by atoms with Crippen molar-refractivity contribution < 1.29 is 29.0 Å². The minimum atomic E-state index is -0.529. The predicted molar refractivity (Wildman–Crippen MR) is 197 cm³/mol. The van der Waals surface area contributed by atoms with Crippen molar-refractivity contribution >= 4 is 40.0 Å². The van der Waals surface area contributed by atoms with E-state index >= 15 is 0 Å². The van der Waals surface area contributed by atoms with Crippen LogP contribution in [0.3, 0.4) is 0 Å². The Kier molecular flexibility index (Phi) is 12.5. The van der Waals surface area contributed by atoms with Gasteiger partial charge >= 0.3 is 6.03 Å². The smallest absolute Gasteiger partial charge is 0.323 e. The van der Waals surface area contributed by atoms with E-state index in [1.807, 2.05) is 74.5 Å². The number of hydrogen-bond acceptors (Lipinski definition) is 6. The van der Waals surface area contributed by atoms with Gasteiger partial charge in [0.2, 0.25) is 0 Å². The maximum atomic E-state index is 14.5. The first-order valence-corrected chi connectivity index (χ1v) is 17.3. The highest BCUT2D eigenvalue weighted by Gasteiger charge is 2.31. The molecule has 1 heterocycles. The summed E-state index contributed by atoms with van der Waals surface area (Å²) in [4.78, 5) is 44.2. The Morgan fingerprint density at radius 3 is 2.48 bits per heavy atom. The molecule has 4 amide bonds. The Bertz CT molecular complexity index is 1760. The van der Waals surface area contributed by atoms with E-state index < -0.39 is 12.1 Å². The molecule has 0 radical (unpaired) electrons. The lowest BCUT2D eigenvalue weighted by atomic mass is 10.0. The van der Waals surface area contributed by atoms with Crippen LogP contribution in [0.15, 0.2) is 91.0 Å². The van der Waals surface area contributed by atoms with Gasteiger partial charge in [-0.05, 0) is 74.9 Å². The molecule has 10 nitrogen and oxygen atoms in total. The van der Waals surface area contributed by atoms with Crippen LogP contribution in [0.25, 0.3) is 10.8 Å². The van der Waals surface area contributed by atoms with Gasteiger partial charge in [-0.15, -0.1) is 0 Å². The van der Waals surface area contributed by atoms with Crippen molar-refractivity contribution in [2.75, 3.05) is 44.0 Å². The van der Waals surface area contributed by atoms with Crippen molar-refractivity contribution in [1.29, 1.82) is 0 Å². The Morgan fingerprint density at radius 1 is 0.960 bits per heavy atom. The number of nitrogens with one attached hydrogen (secondary N) is 2. The number of benzene rings is 4. The second kappa shape index (κ2) is 17.1. The van der Waals surface area contributed by atoms with Gasteiger partial charge in [0.15, 0.2) is 0 Å². The number of likely N-dealkylation sites (N-methyl/N-ethyl adjacent to an activating group) is 1. The molecule has 4 aromatic carbocycles. The number of rotatable bonds is 7. The van der Waals surface area contributed by atoms with Crippen LogP contribution >= 0.6 is 0 Å². The molecule has 10 heteroatoms. The molecule has 50 heavy (non-hydrogen) atoms. The van der Waals surface area contributed by atoms with Crippen molar-refractivity contribution in [3.63, 3.8) is 0 Å². The molecule has 0 saturated heterocycles. The van der Waals surface area contributed by atoms with E-state index in [-0.39, 0.29) is 48.7 Å². The number of aliphatic hydroxyl groups excluding tert-OH is 1. The fourth-order valence-corrected chi connectivity index (χ4v) is 6.24. The van der Waals surface area contributed by atoms with Crippen LogP contribution < -0.4 is 15.4 Å². The second-order valence-electron chi connectivity index (χ2n) is 13.2. The summed E-state index contributed by atoms with van der Waals surface area (Å²) in [5.74, 6) is -0.244. The summed E-state index contributed by atoms with van der Waals surface area (Å²) in [7, 11) is 1.76. The summed E-state index contributed by atoms with van der Waals surface area (Å²) < 4.78 is 12.7. The van der Waals surface area contributed by atoms with Crippen molar-refractivity contribution in [1.82, 2.24) is 9.80 Å². The van der Waals surface area contributed by atoms with Crippen LogP contribution in [0, 0.1) is 5.92 Å². The second-order valence-corrected chi connectivity index (χ2v) is 13.2. The quantitative estimate of drug-likeness (QED) is 0.192. The molecule has 1 aliphatic heterocycles. The van der Waals surface area contributed by atoms with Crippen LogP contribution in [-0.4, -0.2) is 84.4 Å². The molecular formula is C40H48N4O6. The van der Waals surface area contributed by atoms with Gasteiger partial charge in [0.25, 0.3) is 11.8 Å². The highest BCUT2D eigenvalue weighted by atomic mass is 16.5. The number of aliphatic hydroxyl groups is 1. The SMILES string of the molecule is C[C@@H]1CN([C@@H](C)CO)C(=O)c2cc(NC(=O)Nc3cccc4ccccc34)ccc2O[C@@H](C)CCCCO[C@@H]1CN(C)C(=O)c1ccccc1. The number of fused-ring (bicyclic) bond motifs is 2. The number of ether oxygens (including phenoxy) is 2. The molecule has 5 rings (SSSR count). The molecule has 0 aromatic heterocycles. The lowest BCUT2D eigenvalue weighted by Gasteiger charge is -2.36. The third-order valence-corrected chi connectivity index (χ3v) is 9.17. The van der Waals surface area contributed by atoms with Crippen LogP contribution in [0.4, 0.5) is 16.2 Å². The van der Waals surface area contributed by atoms with Gasteiger partial charge < -0.3 is 35.0 Å². The summed E-state index contributed by atoms with van der Waals surface area (Å²) >= 11 is 0. The number of amides is 4. The topological polar surface area (TPSA) is 120 Å². The van der Waals surface area contributed by atoms with E-state index in [4.69, 9.17) is 9.47 Å². The van der Waals surface area contributed by atoms with Crippen molar-refractivity contribution in [2.45, 2.75) is 58.3 Å².